The molecule has 1 aromatic heterocycles. The van der Waals surface area contributed by atoms with E-state index in [4.69, 9.17) is 5.73 Å². The van der Waals surface area contributed by atoms with Gasteiger partial charge in [0.05, 0.1) is 5.69 Å². The second-order valence-electron chi connectivity index (χ2n) is 3.97. The third-order valence-corrected chi connectivity index (χ3v) is 3.40. The molecule has 20 heavy (non-hydrogen) atoms. The van der Waals surface area contributed by atoms with Gasteiger partial charge in [-0.15, -0.1) is 24.8 Å². The van der Waals surface area contributed by atoms with Crippen LogP contribution in [0.3, 0.4) is 0 Å². The molecule has 7 heteroatoms. The molecule has 0 aliphatic carbocycles. The highest BCUT2D eigenvalue weighted by molar-refractivity contribution is 7.98. The number of nitrogens with one attached hydrogen (secondary N) is 1. The lowest BCUT2D eigenvalue weighted by Crippen LogP contribution is -2.25. The van der Waals surface area contributed by atoms with Gasteiger partial charge in [0.25, 0.3) is 0 Å². The summed E-state index contributed by atoms with van der Waals surface area (Å²) < 4.78 is 0. The number of aromatic nitrogens is 1. The Kier molecular flexibility index (Phi) is 16.3. The average Bonchev–Trinajstić information content (AvgIpc) is 2.41. The topological polar surface area (TPSA) is 68.0 Å². The van der Waals surface area contributed by atoms with Crippen LogP contribution in [-0.2, 0) is 10.5 Å². The van der Waals surface area contributed by atoms with Gasteiger partial charge in [0.15, 0.2) is 0 Å². The number of hydrogen-bond acceptors (Lipinski definition) is 4. The summed E-state index contributed by atoms with van der Waals surface area (Å²) in [6, 6.07) is 5.88. The van der Waals surface area contributed by atoms with Crippen molar-refractivity contribution in [3.63, 3.8) is 0 Å². The molecule has 1 heterocycles. The van der Waals surface area contributed by atoms with Crippen molar-refractivity contribution in [2.24, 2.45) is 5.73 Å². The third kappa shape index (κ3) is 11.3. The van der Waals surface area contributed by atoms with Crippen LogP contribution in [0.25, 0.3) is 0 Å². The maximum atomic E-state index is 11.4. The molecular weight excluding hydrogens is 317 g/mol. The lowest BCUT2D eigenvalue weighted by atomic mass is 10.3. The molecule has 1 amide bonds. The molecule has 3 N–H and O–H groups in total. The molecule has 0 aliphatic heterocycles. The van der Waals surface area contributed by atoms with Gasteiger partial charge < -0.3 is 11.1 Å². The standard InChI is InChI=1S/C13H21N3OS.2ClH/c14-7-2-4-9-16-13(17)6-10-18-11-12-5-1-3-8-15-12;;/h1,3,5,8H,2,4,6-7,9-11,14H2,(H,16,17);2*1H. The summed E-state index contributed by atoms with van der Waals surface area (Å²) in [5, 5.41) is 2.89. The zero-order valence-electron chi connectivity index (χ0n) is 11.4. The summed E-state index contributed by atoms with van der Waals surface area (Å²) in [5.41, 5.74) is 6.44. The molecule has 0 atom stereocenters. The molecule has 0 radical (unpaired) electrons. The normalized spacial score (nSPS) is 9.25. The van der Waals surface area contributed by atoms with Crippen molar-refractivity contribution in [2.75, 3.05) is 18.8 Å². The first-order chi connectivity index (χ1) is 8.83. The highest BCUT2D eigenvalue weighted by Gasteiger charge is 2.01. The summed E-state index contributed by atoms with van der Waals surface area (Å²) in [6.07, 6.45) is 4.29. The molecule has 4 nitrogen and oxygen atoms in total. The molecular formula is C13H23Cl2N3OS. The number of thioether (sulfide) groups is 1. The highest BCUT2D eigenvalue weighted by Crippen LogP contribution is 2.10. The van der Waals surface area contributed by atoms with Crippen LogP contribution in [0.15, 0.2) is 24.4 Å². The predicted octanol–water partition coefficient (Wildman–Crippen LogP) is 2.40. The van der Waals surface area contributed by atoms with Crippen molar-refractivity contribution in [3.8, 4) is 0 Å². The maximum Gasteiger partial charge on any atom is 0.220 e. The van der Waals surface area contributed by atoms with Gasteiger partial charge in [0.1, 0.15) is 0 Å². The largest absolute Gasteiger partial charge is 0.356 e. The Hall–Kier alpha value is -0.490. The number of carbonyl (C=O) groups is 1. The first-order valence-corrected chi connectivity index (χ1v) is 7.43. The van der Waals surface area contributed by atoms with Crippen LogP contribution in [0.1, 0.15) is 25.0 Å². The summed E-state index contributed by atoms with van der Waals surface area (Å²) >= 11 is 1.74. The molecule has 0 fully saturated rings. The Balaban J connectivity index is 0. The SMILES string of the molecule is Cl.Cl.NCCCCNC(=O)CCSCc1ccccn1. The Labute approximate surface area is 137 Å². The van der Waals surface area contributed by atoms with Crippen LogP contribution in [0, 0.1) is 0 Å². The van der Waals surface area contributed by atoms with Crippen LogP contribution < -0.4 is 11.1 Å². The van der Waals surface area contributed by atoms with Crippen LogP contribution in [0.5, 0.6) is 0 Å². The molecule has 0 aliphatic rings. The number of nitrogens with two attached hydrogens (primary N) is 1. The number of nitrogens with zero attached hydrogens (tertiary/aromatic N) is 1. The van der Waals surface area contributed by atoms with Crippen LogP contribution in [0.2, 0.25) is 0 Å². The Morgan fingerprint density at radius 1 is 1.30 bits per heavy atom. The van der Waals surface area contributed by atoms with Crippen molar-refractivity contribution >= 4 is 42.5 Å². The van der Waals surface area contributed by atoms with Gasteiger partial charge in [-0.05, 0) is 31.5 Å². The zero-order valence-corrected chi connectivity index (χ0v) is 13.9. The Bertz CT molecular complexity index is 342. The van der Waals surface area contributed by atoms with Gasteiger partial charge in [-0.1, -0.05) is 6.07 Å². The van der Waals surface area contributed by atoms with Crippen molar-refractivity contribution in [3.05, 3.63) is 30.1 Å². The fourth-order valence-electron chi connectivity index (χ4n) is 1.41. The van der Waals surface area contributed by atoms with Gasteiger partial charge in [-0.2, -0.15) is 11.8 Å². The fourth-order valence-corrected chi connectivity index (χ4v) is 2.26. The number of rotatable bonds is 9. The second-order valence-corrected chi connectivity index (χ2v) is 5.07. The third-order valence-electron chi connectivity index (χ3n) is 2.40. The summed E-state index contributed by atoms with van der Waals surface area (Å²) in [7, 11) is 0. The lowest BCUT2D eigenvalue weighted by molar-refractivity contribution is -0.120. The molecule has 0 spiro atoms. The van der Waals surface area contributed by atoms with Gasteiger partial charge in [0, 0.05) is 30.7 Å². The Morgan fingerprint density at radius 3 is 2.75 bits per heavy atom. The smallest absolute Gasteiger partial charge is 0.220 e. The summed E-state index contributed by atoms with van der Waals surface area (Å²) in [6.45, 7) is 1.43. The lowest BCUT2D eigenvalue weighted by Gasteiger charge is -2.04. The number of carbonyl (C=O) groups excluding carboxylic acids is 1. The van der Waals surface area contributed by atoms with E-state index in [1.807, 2.05) is 18.2 Å². The minimum Gasteiger partial charge on any atom is -0.356 e. The molecule has 116 valence electrons. The highest BCUT2D eigenvalue weighted by atomic mass is 35.5. The number of hydrogen-bond donors (Lipinski definition) is 2. The molecule has 0 saturated carbocycles. The minimum absolute atomic E-state index is 0. The second kappa shape index (κ2) is 14.9. The van der Waals surface area contributed by atoms with Crippen LogP contribution in [0.4, 0.5) is 0 Å². The fraction of sp³-hybridized carbons (Fsp3) is 0.538. The van der Waals surface area contributed by atoms with Crippen molar-refractivity contribution < 1.29 is 4.79 Å². The van der Waals surface area contributed by atoms with Gasteiger partial charge in [0.2, 0.25) is 5.91 Å². The monoisotopic (exact) mass is 339 g/mol. The summed E-state index contributed by atoms with van der Waals surface area (Å²) in [4.78, 5) is 15.7. The summed E-state index contributed by atoms with van der Waals surface area (Å²) in [5.74, 6) is 1.82. The molecule has 0 aromatic carbocycles. The van der Waals surface area contributed by atoms with Crippen LogP contribution >= 0.6 is 36.6 Å². The van der Waals surface area contributed by atoms with Gasteiger partial charge in [-0.25, -0.2) is 0 Å². The number of halogens is 2. The van der Waals surface area contributed by atoms with Crippen molar-refractivity contribution in [1.29, 1.82) is 0 Å². The van der Waals surface area contributed by atoms with Gasteiger partial charge >= 0.3 is 0 Å². The van der Waals surface area contributed by atoms with E-state index < -0.39 is 0 Å². The van der Waals surface area contributed by atoms with Crippen molar-refractivity contribution in [2.45, 2.75) is 25.0 Å². The zero-order chi connectivity index (χ0) is 13.1. The molecule has 0 bridgehead atoms. The molecule has 0 unspecified atom stereocenters. The molecule has 0 saturated heterocycles. The van der Waals surface area contributed by atoms with Crippen molar-refractivity contribution in [1.82, 2.24) is 10.3 Å². The van der Waals surface area contributed by atoms with E-state index in [1.54, 1.807) is 18.0 Å². The molecule has 1 rings (SSSR count). The van der Waals surface area contributed by atoms with Crippen LogP contribution in [-0.4, -0.2) is 29.7 Å². The van der Waals surface area contributed by atoms with E-state index in [1.165, 1.54) is 0 Å². The number of amides is 1. The first-order valence-electron chi connectivity index (χ1n) is 6.27. The average molecular weight is 340 g/mol. The quantitative estimate of drug-likeness (QED) is 0.678. The van der Waals surface area contributed by atoms with Gasteiger partial charge in [-0.3, -0.25) is 9.78 Å². The number of unbranched alkanes of at least 4 members (excludes halogenated alkanes) is 1. The minimum atomic E-state index is 0. The maximum absolute atomic E-state index is 11.4. The first kappa shape index (κ1) is 21.8. The van der Waals surface area contributed by atoms with E-state index >= 15 is 0 Å². The van der Waals surface area contributed by atoms with E-state index in [9.17, 15) is 4.79 Å². The van der Waals surface area contributed by atoms with E-state index in [0.717, 1.165) is 36.6 Å². The predicted molar refractivity (Wildman–Crippen MR) is 90.8 cm³/mol. The van der Waals surface area contributed by atoms with E-state index in [-0.39, 0.29) is 30.7 Å². The molecule has 1 aromatic rings. The Morgan fingerprint density at radius 2 is 2.10 bits per heavy atom. The number of pyridine rings is 1. The van der Waals surface area contributed by atoms with E-state index in [0.29, 0.717) is 13.0 Å². The van der Waals surface area contributed by atoms with E-state index in [2.05, 4.69) is 10.3 Å².